The molecule has 2 bridgehead atoms. The van der Waals surface area contributed by atoms with E-state index in [0.29, 0.717) is 16.7 Å². The summed E-state index contributed by atoms with van der Waals surface area (Å²) in [6.07, 6.45) is 11.4. The molecule has 5 fully saturated rings. The minimum Gasteiger partial charge on any atom is -0.469 e. The molecule has 128 valence electrons. The van der Waals surface area contributed by atoms with Crippen LogP contribution in [0.25, 0.3) is 0 Å². The van der Waals surface area contributed by atoms with Crippen molar-refractivity contribution >= 4 is 5.97 Å². The Hall–Kier alpha value is -0.790. The van der Waals surface area contributed by atoms with Crippen molar-refractivity contribution in [3.8, 4) is 0 Å². The Labute approximate surface area is 141 Å². The highest BCUT2D eigenvalue weighted by atomic mass is 16.5. The zero-order chi connectivity index (χ0) is 16.5. The van der Waals surface area contributed by atoms with Gasteiger partial charge in [-0.3, -0.25) is 4.79 Å². The normalized spacial score (nSPS) is 51.8. The molecule has 0 amide bonds. The van der Waals surface area contributed by atoms with Crippen LogP contribution in [0.15, 0.2) is 12.2 Å². The van der Waals surface area contributed by atoms with Gasteiger partial charge in [-0.25, -0.2) is 0 Å². The zero-order valence-electron chi connectivity index (χ0n) is 15.1. The maximum absolute atomic E-state index is 12.6. The summed E-state index contributed by atoms with van der Waals surface area (Å²) in [5, 5.41) is 0. The summed E-state index contributed by atoms with van der Waals surface area (Å²) < 4.78 is 5.25. The Morgan fingerprint density at radius 3 is 2.57 bits per heavy atom. The number of carbonyl (C=O) groups is 1. The highest BCUT2D eigenvalue weighted by molar-refractivity contribution is 5.77. The van der Waals surface area contributed by atoms with E-state index in [1.54, 1.807) is 7.11 Å². The van der Waals surface area contributed by atoms with Gasteiger partial charge in [-0.1, -0.05) is 25.5 Å². The number of methoxy groups -OCH3 is 1. The van der Waals surface area contributed by atoms with Gasteiger partial charge in [-0.05, 0) is 86.9 Å². The maximum atomic E-state index is 12.6. The molecule has 5 saturated carbocycles. The third-order valence-corrected chi connectivity index (χ3v) is 8.76. The van der Waals surface area contributed by atoms with Crippen LogP contribution in [-0.2, 0) is 9.53 Å². The monoisotopic (exact) mass is 316 g/mol. The van der Waals surface area contributed by atoms with Crippen molar-refractivity contribution in [1.82, 2.24) is 0 Å². The number of rotatable bonds is 1. The van der Waals surface area contributed by atoms with Crippen LogP contribution >= 0.6 is 0 Å². The Bertz CT molecular complexity index is 552. The van der Waals surface area contributed by atoms with Gasteiger partial charge in [0.1, 0.15) is 0 Å². The van der Waals surface area contributed by atoms with Crippen LogP contribution in [0.1, 0.15) is 71.6 Å². The Balaban J connectivity index is 1.73. The van der Waals surface area contributed by atoms with Crippen LogP contribution in [0.4, 0.5) is 0 Å². The van der Waals surface area contributed by atoms with Gasteiger partial charge in [0.15, 0.2) is 0 Å². The Morgan fingerprint density at radius 1 is 1.13 bits per heavy atom. The van der Waals surface area contributed by atoms with Crippen LogP contribution in [0.3, 0.4) is 0 Å². The standard InChI is InChI=1S/C21H32O2/c1-14-13-21-10-6-15(14)12-17(21)19(2)8-5-9-20(3,18(22)23-4)16(19)7-11-21/h15-17H,1,5-13H2,2-4H3/t15-,16-,17-,19+,20+,21+/m0/s1. The summed E-state index contributed by atoms with van der Waals surface area (Å²) in [7, 11) is 1.57. The second kappa shape index (κ2) is 4.86. The fraction of sp³-hybridized carbons (Fsp3) is 0.857. The van der Waals surface area contributed by atoms with Crippen molar-refractivity contribution < 1.29 is 9.53 Å². The van der Waals surface area contributed by atoms with Gasteiger partial charge in [0.05, 0.1) is 12.5 Å². The van der Waals surface area contributed by atoms with Gasteiger partial charge in [0.25, 0.3) is 0 Å². The molecule has 5 rings (SSSR count). The van der Waals surface area contributed by atoms with E-state index in [0.717, 1.165) is 18.3 Å². The number of hydrogen-bond donors (Lipinski definition) is 0. The molecule has 0 heterocycles. The zero-order valence-corrected chi connectivity index (χ0v) is 15.1. The summed E-state index contributed by atoms with van der Waals surface area (Å²) >= 11 is 0. The lowest BCUT2D eigenvalue weighted by molar-refractivity contribution is -0.192. The average Bonchev–Trinajstić information content (AvgIpc) is 2.53. The lowest BCUT2D eigenvalue weighted by atomic mass is 9.37. The quantitative estimate of drug-likeness (QED) is 0.495. The second-order valence-corrected chi connectivity index (χ2v) is 9.58. The van der Waals surface area contributed by atoms with Crippen molar-refractivity contribution in [2.75, 3.05) is 7.11 Å². The molecule has 23 heavy (non-hydrogen) atoms. The molecule has 5 aliphatic carbocycles. The predicted molar refractivity (Wildman–Crippen MR) is 91.8 cm³/mol. The first-order valence-corrected chi connectivity index (χ1v) is 9.62. The van der Waals surface area contributed by atoms with E-state index in [-0.39, 0.29) is 11.4 Å². The first kappa shape index (κ1) is 15.7. The Kier molecular flexibility index (Phi) is 3.32. The van der Waals surface area contributed by atoms with Crippen LogP contribution in [0.5, 0.6) is 0 Å². The number of esters is 1. The van der Waals surface area contributed by atoms with Gasteiger partial charge in [-0.15, -0.1) is 0 Å². The molecule has 6 atom stereocenters. The second-order valence-electron chi connectivity index (χ2n) is 9.58. The molecular formula is C21H32O2. The fourth-order valence-corrected chi connectivity index (χ4v) is 7.71. The predicted octanol–water partition coefficient (Wildman–Crippen LogP) is 5.13. The highest BCUT2D eigenvalue weighted by Crippen LogP contribution is 2.72. The van der Waals surface area contributed by atoms with E-state index in [9.17, 15) is 4.79 Å². The molecule has 0 unspecified atom stereocenters. The molecule has 0 aliphatic heterocycles. The van der Waals surface area contributed by atoms with Crippen molar-refractivity contribution in [2.24, 2.45) is 34.0 Å². The maximum Gasteiger partial charge on any atom is 0.311 e. The van der Waals surface area contributed by atoms with Gasteiger partial charge in [0, 0.05) is 0 Å². The van der Waals surface area contributed by atoms with Crippen molar-refractivity contribution in [2.45, 2.75) is 71.6 Å². The lowest BCUT2D eigenvalue weighted by Crippen LogP contribution is -2.61. The van der Waals surface area contributed by atoms with Crippen molar-refractivity contribution in [1.29, 1.82) is 0 Å². The molecule has 0 aromatic carbocycles. The molecule has 0 aromatic heterocycles. The SMILES string of the molecule is C=C1C[C@]23CC[C@H]1C[C@H]2[C@]1(C)CCC[C@@](C)(C(=O)OC)[C@H]1CC3. The van der Waals surface area contributed by atoms with E-state index in [1.807, 2.05) is 0 Å². The average molecular weight is 316 g/mol. The van der Waals surface area contributed by atoms with Crippen LogP contribution in [-0.4, -0.2) is 13.1 Å². The number of fused-ring (bicyclic) bond motifs is 3. The number of ether oxygens (including phenoxy) is 1. The summed E-state index contributed by atoms with van der Waals surface area (Å²) in [5.41, 5.74) is 2.09. The first-order valence-electron chi connectivity index (χ1n) is 9.62. The third-order valence-electron chi connectivity index (χ3n) is 8.76. The topological polar surface area (TPSA) is 26.3 Å². The number of carbonyl (C=O) groups excluding carboxylic acids is 1. The van der Waals surface area contributed by atoms with E-state index in [4.69, 9.17) is 4.74 Å². The molecule has 1 spiro atoms. The van der Waals surface area contributed by atoms with E-state index < -0.39 is 0 Å². The Morgan fingerprint density at radius 2 is 1.87 bits per heavy atom. The summed E-state index contributed by atoms with van der Waals surface area (Å²) in [6, 6.07) is 0. The molecule has 0 saturated heterocycles. The summed E-state index contributed by atoms with van der Waals surface area (Å²) in [4.78, 5) is 12.6. The fourth-order valence-electron chi connectivity index (χ4n) is 7.71. The highest BCUT2D eigenvalue weighted by Gasteiger charge is 2.65. The van der Waals surface area contributed by atoms with Gasteiger partial charge in [-0.2, -0.15) is 0 Å². The van der Waals surface area contributed by atoms with Crippen molar-refractivity contribution in [3.63, 3.8) is 0 Å². The molecule has 0 N–H and O–H groups in total. The number of hydrogen-bond acceptors (Lipinski definition) is 2. The van der Waals surface area contributed by atoms with E-state index in [2.05, 4.69) is 20.4 Å². The van der Waals surface area contributed by atoms with Gasteiger partial charge in [0.2, 0.25) is 0 Å². The van der Waals surface area contributed by atoms with Crippen LogP contribution < -0.4 is 0 Å². The summed E-state index contributed by atoms with van der Waals surface area (Å²) in [6.45, 7) is 9.12. The number of allylic oxidation sites excluding steroid dienone is 1. The van der Waals surface area contributed by atoms with E-state index in [1.165, 1.54) is 56.9 Å². The van der Waals surface area contributed by atoms with Gasteiger partial charge >= 0.3 is 5.97 Å². The van der Waals surface area contributed by atoms with Crippen LogP contribution in [0.2, 0.25) is 0 Å². The molecule has 5 aliphatic rings. The first-order chi connectivity index (χ1) is 10.9. The largest absolute Gasteiger partial charge is 0.469 e. The lowest BCUT2D eigenvalue weighted by Gasteiger charge is -2.67. The molecule has 0 aromatic rings. The molecule has 2 heteroatoms. The molecule has 2 nitrogen and oxygen atoms in total. The minimum absolute atomic E-state index is 0.0368. The smallest absolute Gasteiger partial charge is 0.311 e. The van der Waals surface area contributed by atoms with Gasteiger partial charge < -0.3 is 4.74 Å². The minimum atomic E-state index is -0.267. The summed E-state index contributed by atoms with van der Waals surface area (Å²) in [5.74, 6) is 2.08. The van der Waals surface area contributed by atoms with Crippen LogP contribution in [0, 0.1) is 34.0 Å². The molecule has 0 radical (unpaired) electrons. The third kappa shape index (κ3) is 1.90. The van der Waals surface area contributed by atoms with Crippen molar-refractivity contribution in [3.05, 3.63) is 12.2 Å². The van der Waals surface area contributed by atoms with E-state index >= 15 is 0 Å². The molecular weight excluding hydrogens is 284 g/mol.